The fourth-order valence-electron chi connectivity index (χ4n) is 1.72. The van der Waals surface area contributed by atoms with Gasteiger partial charge in [0.15, 0.2) is 0 Å². The van der Waals surface area contributed by atoms with Crippen LogP contribution >= 0.6 is 0 Å². The van der Waals surface area contributed by atoms with E-state index in [9.17, 15) is 14.5 Å². The summed E-state index contributed by atoms with van der Waals surface area (Å²) in [7, 11) is 0. The van der Waals surface area contributed by atoms with Crippen molar-refractivity contribution in [1.82, 2.24) is 4.98 Å². The van der Waals surface area contributed by atoms with Crippen LogP contribution < -0.4 is 4.74 Å². The lowest BCUT2D eigenvalue weighted by Crippen LogP contribution is -2.03. The van der Waals surface area contributed by atoms with E-state index < -0.39 is 16.6 Å². The molecule has 106 valence electrons. The van der Waals surface area contributed by atoms with Crippen molar-refractivity contribution < 1.29 is 14.1 Å². The van der Waals surface area contributed by atoms with E-state index in [0.29, 0.717) is 11.3 Å². The van der Waals surface area contributed by atoms with Gasteiger partial charge in [0.1, 0.15) is 18.1 Å². The summed E-state index contributed by atoms with van der Waals surface area (Å²) < 4.78 is 18.5. The molecule has 0 aliphatic heterocycles. The fraction of sp³-hybridized carbons (Fsp3) is 0.143. The van der Waals surface area contributed by atoms with Gasteiger partial charge in [-0.3, -0.25) is 0 Å². The lowest BCUT2D eigenvalue weighted by atomic mass is 10.1. The molecule has 1 aromatic carbocycles. The molecular formula is C14H10FN3O3. The zero-order valence-corrected chi connectivity index (χ0v) is 11.0. The van der Waals surface area contributed by atoms with Crippen LogP contribution in [0.15, 0.2) is 30.3 Å². The first-order chi connectivity index (χ1) is 10.0. The molecular weight excluding hydrogens is 277 g/mol. The Bertz CT molecular complexity index is 741. The lowest BCUT2D eigenvalue weighted by Gasteiger charge is -2.08. The van der Waals surface area contributed by atoms with Crippen LogP contribution in [0.2, 0.25) is 0 Å². The molecule has 0 radical (unpaired) electrons. The van der Waals surface area contributed by atoms with Crippen LogP contribution in [0.25, 0.3) is 0 Å². The van der Waals surface area contributed by atoms with Crippen LogP contribution in [0.4, 0.5) is 10.2 Å². The Morgan fingerprint density at radius 2 is 2.19 bits per heavy atom. The average Bonchev–Trinajstić information content (AvgIpc) is 2.46. The SMILES string of the molecule is Cc1ccc(OCc2cc(F)ccc2C#N)c([N+](=O)[O-])n1. The van der Waals surface area contributed by atoms with Gasteiger partial charge in [-0.2, -0.15) is 5.26 Å². The molecule has 1 heterocycles. The highest BCUT2D eigenvalue weighted by Crippen LogP contribution is 2.25. The molecule has 1 aromatic heterocycles. The van der Waals surface area contributed by atoms with Crippen LogP contribution in [0, 0.1) is 34.2 Å². The molecule has 0 amide bonds. The summed E-state index contributed by atoms with van der Waals surface area (Å²) >= 11 is 0. The highest BCUT2D eigenvalue weighted by atomic mass is 19.1. The molecule has 0 bridgehead atoms. The Labute approximate surface area is 119 Å². The number of rotatable bonds is 4. The lowest BCUT2D eigenvalue weighted by molar-refractivity contribution is -0.390. The van der Waals surface area contributed by atoms with E-state index in [1.165, 1.54) is 12.1 Å². The maximum Gasteiger partial charge on any atom is 0.406 e. The predicted octanol–water partition coefficient (Wildman–Crippen LogP) is 2.89. The number of hydrogen-bond acceptors (Lipinski definition) is 5. The first-order valence-electron chi connectivity index (χ1n) is 5.94. The molecule has 0 unspecified atom stereocenters. The van der Waals surface area contributed by atoms with Crippen molar-refractivity contribution in [3.05, 3.63) is 63.1 Å². The first-order valence-corrected chi connectivity index (χ1v) is 5.94. The van der Waals surface area contributed by atoms with E-state index >= 15 is 0 Å². The van der Waals surface area contributed by atoms with Crippen LogP contribution in [0.3, 0.4) is 0 Å². The van der Waals surface area contributed by atoms with Gasteiger partial charge < -0.3 is 14.9 Å². The molecule has 0 N–H and O–H groups in total. The molecule has 2 aromatic rings. The Balaban J connectivity index is 2.27. The van der Waals surface area contributed by atoms with E-state index in [-0.39, 0.29) is 17.9 Å². The Morgan fingerprint density at radius 3 is 2.86 bits per heavy atom. The molecule has 0 fully saturated rings. The van der Waals surface area contributed by atoms with Crippen molar-refractivity contribution in [2.24, 2.45) is 0 Å². The van der Waals surface area contributed by atoms with Gasteiger partial charge in [0.2, 0.25) is 5.75 Å². The zero-order valence-electron chi connectivity index (χ0n) is 11.0. The zero-order chi connectivity index (χ0) is 15.4. The minimum absolute atomic E-state index is 0.0289. The van der Waals surface area contributed by atoms with E-state index in [4.69, 9.17) is 10.00 Å². The number of pyridine rings is 1. The second-order valence-corrected chi connectivity index (χ2v) is 4.23. The molecule has 0 atom stereocenters. The van der Waals surface area contributed by atoms with Crippen LogP contribution in [-0.2, 0) is 6.61 Å². The second kappa shape index (κ2) is 5.96. The normalized spacial score (nSPS) is 9.95. The van der Waals surface area contributed by atoms with Crippen molar-refractivity contribution in [1.29, 1.82) is 5.26 Å². The highest BCUT2D eigenvalue weighted by molar-refractivity contribution is 5.42. The van der Waals surface area contributed by atoms with Crippen LogP contribution in [-0.4, -0.2) is 9.91 Å². The van der Waals surface area contributed by atoms with Gasteiger partial charge in [-0.1, -0.05) is 0 Å². The topological polar surface area (TPSA) is 89.0 Å². The van der Waals surface area contributed by atoms with E-state index in [1.54, 1.807) is 13.0 Å². The number of halogens is 1. The maximum atomic E-state index is 13.2. The van der Waals surface area contributed by atoms with Gasteiger partial charge in [0, 0.05) is 12.5 Å². The molecule has 6 nitrogen and oxygen atoms in total. The number of nitrogens with zero attached hydrogens (tertiary/aromatic N) is 3. The standard InChI is InChI=1S/C14H10FN3O3/c1-9-2-5-13(14(17-9)18(19)20)21-8-11-6-12(15)4-3-10(11)7-16/h2-6H,8H2,1H3. The van der Waals surface area contributed by atoms with Crippen molar-refractivity contribution in [2.45, 2.75) is 13.5 Å². The maximum absolute atomic E-state index is 13.2. The van der Waals surface area contributed by atoms with Gasteiger partial charge in [-0.15, -0.1) is 0 Å². The summed E-state index contributed by atoms with van der Waals surface area (Å²) in [5.41, 5.74) is 1.05. The molecule has 0 aliphatic carbocycles. The molecule has 0 saturated carbocycles. The summed E-state index contributed by atoms with van der Waals surface area (Å²) in [6.45, 7) is 1.46. The average molecular weight is 287 g/mol. The Kier molecular flexibility index (Phi) is 4.09. The van der Waals surface area contributed by atoms with E-state index in [0.717, 1.165) is 12.1 Å². The van der Waals surface area contributed by atoms with Gasteiger partial charge in [0.05, 0.1) is 11.6 Å². The minimum Gasteiger partial charge on any atom is -0.481 e. The molecule has 0 spiro atoms. The number of benzene rings is 1. The minimum atomic E-state index is -0.654. The van der Waals surface area contributed by atoms with Crippen LogP contribution in [0.5, 0.6) is 5.75 Å². The summed E-state index contributed by atoms with van der Waals surface area (Å²) in [4.78, 5) is 14.0. The third-order valence-corrected chi connectivity index (χ3v) is 2.72. The number of ether oxygens (including phenoxy) is 1. The van der Waals surface area contributed by atoms with Crippen molar-refractivity contribution in [3.8, 4) is 11.8 Å². The van der Waals surface area contributed by atoms with Crippen molar-refractivity contribution >= 4 is 5.82 Å². The number of aromatic nitrogens is 1. The summed E-state index contributed by atoms with van der Waals surface area (Å²) in [6.07, 6.45) is 0. The predicted molar refractivity (Wildman–Crippen MR) is 71.1 cm³/mol. The van der Waals surface area contributed by atoms with Gasteiger partial charge >= 0.3 is 5.82 Å². The van der Waals surface area contributed by atoms with E-state index in [2.05, 4.69) is 4.98 Å². The quantitative estimate of drug-likeness (QED) is 0.637. The first kappa shape index (κ1) is 14.4. The molecule has 21 heavy (non-hydrogen) atoms. The van der Waals surface area contributed by atoms with Gasteiger partial charge in [-0.25, -0.2) is 4.39 Å². The number of nitriles is 1. The smallest absolute Gasteiger partial charge is 0.406 e. The van der Waals surface area contributed by atoms with Crippen LogP contribution in [0.1, 0.15) is 16.8 Å². The number of nitro groups is 1. The van der Waals surface area contributed by atoms with Crippen molar-refractivity contribution in [2.75, 3.05) is 0 Å². The molecule has 0 aliphatic rings. The molecule has 2 rings (SSSR count). The Morgan fingerprint density at radius 1 is 1.43 bits per heavy atom. The highest BCUT2D eigenvalue weighted by Gasteiger charge is 2.18. The summed E-state index contributed by atoms with van der Waals surface area (Å²) in [6, 6.07) is 8.55. The van der Waals surface area contributed by atoms with Crippen molar-refractivity contribution in [3.63, 3.8) is 0 Å². The largest absolute Gasteiger partial charge is 0.481 e. The Hall–Kier alpha value is -3.01. The van der Waals surface area contributed by atoms with Gasteiger partial charge in [-0.05, 0) is 40.2 Å². The fourth-order valence-corrected chi connectivity index (χ4v) is 1.72. The third kappa shape index (κ3) is 3.30. The number of hydrogen-bond donors (Lipinski definition) is 0. The summed E-state index contributed by atoms with van der Waals surface area (Å²) in [5, 5.41) is 19.9. The number of aryl methyl sites for hydroxylation is 1. The summed E-state index contributed by atoms with van der Waals surface area (Å²) in [5.74, 6) is -0.951. The third-order valence-electron chi connectivity index (χ3n) is 2.72. The molecule has 7 heteroatoms. The second-order valence-electron chi connectivity index (χ2n) is 4.23. The van der Waals surface area contributed by atoms with E-state index in [1.807, 2.05) is 6.07 Å². The van der Waals surface area contributed by atoms with Gasteiger partial charge in [0.25, 0.3) is 0 Å². The monoisotopic (exact) mass is 287 g/mol. The molecule has 0 saturated heterocycles.